The molecule has 1 aromatic carbocycles. The lowest BCUT2D eigenvalue weighted by Gasteiger charge is -2.35. The molecular formula is C21H26N2O3S. The minimum Gasteiger partial charge on any atom is -0.497 e. The van der Waals surface area contributed by atoms with Crippen molar-refractivity contribution in [2.75, 3.05) is 40.0 Å². The van der Waals surface area contributed by atoms with Crippen molar-refractivity contribution < 1.29 is 14.3 Å². The summed E-state index contributed by atoms with van der Waals surface area (Å²) in [5.74, 6) is 0.887. The summed E-state index contributed by atoms with van der Waals surface area (Å²) in [7, 11) is 1.67. The molecule has 1 aliphatic heterocycles. The number of aryl methyl sites for hydroxylation is 2. The van der Waals surface area contributed by atoms with Crippen molar-refractivity contribution >= 4 is 17.2 Å². The summed E-state index contributed by atoms with van der Waals surface area (Å²) in [4.78, 5) is 17.3. The van der Waals surface area contributed by atoms with Crippen LogP contribution in [-0.4, -0.2) is 50.8 Å². The monoisotopic (exact) mass is 386 g/mol. The number of carbonyl (C=O) groups is 1. The molecule has 2 aliphatic rings. The van der Waals surface area contributed by atoms with Gasteiger partial charge in [-0.25, -0.2) is 0 Å². The van der Waals surface area contributed by atoms with Crippen LogP contribution in [0.25, 0.3) is 0 Å². The predicted octanol–water partition coefficient (Wildman–Crippen LogP) is 3.05. The van der Waals surface area contributed by atoms with Crippen LogP contribution < -0.4 is 10.1 Å². The van der Waals surface area contributed by atoms with Crippen LogP contribution in [0.15, 0.2) is 30.3 Å². The van der Waals surface area contributed by atoms with Crippen LogP contribution in [0.3, 0.4) is 0 Å². The predicted molar refractivity (Wildman–Crippen MR) is 107 cm³/mol. The second-order valence-electron chi connectivity index (χ2n) is 7.06. The maximum absolute atomic E-state index is 12.7. The molecule has 1 saturated heterocycles. The van der Waals surface area contributed by atoms with Gasteiger partial charge in [-0.1, -0.05) is 12.1 Å². The molecule has 4 rings (SSSR count). The average Bonchev–Trinajstić information content (AvgIpc) is 3.32. The Morgan fingerprint density at radius 2 is 2.04 bits per heavy atom. The highest BCUT2D eigenvalue weighted by Gasteiger charge is 2.24. The number of hydrogen-bond donors (Lipinski definition) is 1. The van der Waals surface area contributed by atoms with Crippen LogP contribution in [0, 0.1) is 0 Å². The number of ether oxygens (including phenoxy) is 2. The Bertz CT molecular complexity index is 760. The van der Waals surface area contributed by atoms with E-state index in [9.17, 15) is 4.79 Å². The largest absolute Gasteiger partial charge is 0.497 e. The van der Waals surface area contributed by atoms with Gasteiger partial charge in [-0.15, -0.1) is 11.3 Å². The van der Waals surface area contributed by atoms with Gasteiger partial charge in [0.2, 0.25) is 0 Å². The maximum Gasteiger partial charge on any atom is 0.261 e. The highest BCUT2D eigenvalue weighted by atomic mass is 32.1. The molecule has 6 heteroatoms. The molecule has 27 heavy (non-hydrogen) atoms. The van der Waals surface area contributed by atoms with E-state index in [2.05, 4.69) is 28.4 Å². The van der Waals surface area contributed by atoms with E-state index in [0.29, 0.717) is 6.54 Å². The van der Waals surface area contributed by atoms with Gasteiger partial charge < -0.3 is 14.8 Å². The SMILES string of the molecule is COc1ccc([C@@H](CNC(=O)c2cc3c(s2)CCC3)N2CCOCC2)cc1. The van der Waals surface area contributed by atoms with Crippen LogP contribution >= 0.6 is 11.3 Å². The fraction of sp³-hybridized carbons (Fsp3) is 0.476. The zero-order valence-corrected chi connectivity index (χ0v) is 16.5. The van der Waals surface area contributed by atoms with Crippen molar-refractivity contribution in [2.24, 2.45) is 0 Å². The first-order valence-corrected chi connectivity index (χ1v) is 10.4. The van der Waals surface area contributed by atoms with E-state index >= 15 is 0 Å². The number of morpholine rings is 1. The van der Waals surface area contributed by atoms with E-state index in [-0.39, 0.29) is 11.9 Å². The van der Waals surface area contributed by atoms with Crippen molar-refractivity contribution in [3.05, 3.63) is 51.2 Å². The van der Waals surface area contributed by atoms with E-state index in [4.69, 9.17) is 9.47 Å². The molecule has 1 aromatic heterocycles. The first-order valence-electron chi connectivity index (χ1n) is 9.60. The van der Waals surface area contributed by atoms with Gasteiger partial charge >= 0.3 is 0 Å². The van der Waals surface area contributed by atoms with Crippen LogP contribution in [0.1, 0.15) is 38.1 Å². The third-order valence-corrected chi connectivity index (χ3v) is 6.65. The molecule has 5 nitrogen and oxygen atoms in total. The van der Waals surface area contributed by atoms with E-state index in [0.717, 1.165) is 49.8 Å². The summed E-state index contributed by atoms with van der Waals surface area (Å²) < 4.78 is 10.8. The van der Waals surface area contributed by atoms with Crippen molar-refractivity contribution in [2.45, 2.75) is 25.3 Å². The summed E-state index contributed by atoms with van der Waals surface area (Å²) in [6.07, 6.45) is 3.45. The zero-order valence-electron chi connectivity index (χ0n) is 15.7. The molecule has 1 fully saturated rings. The molecule has 144 valence electrons. The van der Waals surface area contributed by atoms with Gasteiger partial charge in [-0.3, -0.25) is 9.69 Å². The van der Waals surface area contributed by atoms with Crippen molar-refractivity contribution in [3.63, 3.8) is 0 Å². The highest BCUT2D eigenvalue weighted by molar-refractivity contribution is 7.14. The Balaban J connectivity index is 1.46. The van der Waals surface area contributed by atoms with Crippen molar-refractivity contribution in [1.82, 2.24) is 10.2 Å². The topological polar surface area (TPSA) is 50.8 Å². The summed E-state index contributed by atoms with van der Waals surface area (Å²) in [5, 5.41) is 3.17. The smallest absolute Gasteiger partial charge is 0.261 e. The third kappa shape index (κ3) is 4.18. The molecule has 0 spiro atoms. The summed E-state index contributed by atoms with van der Waals surface area (Å²) in [5.41, 5.74) is 2.55. The minimum atomic E-state index is 0.0428. The Morgan fingerprint density at radius 1 is 1.26 bits per heavy atom. The number of carbonyl (C=O) groups excluding carboxylic acids is 1. The van der Waals surface area contributed by atoms with Crippen LogP contribution in [0.5, 0.6) is 5.75 Å². The molecule has 2 aromatic rings. The van der Waals surface area contributed by atoms with Gasteiger partial charge in [0.1, 0.15) is 5.75 Å². The maximum atomic E-state index is 12.7. The molecule has 0 saturated carbocycles. The summed E-state index contributed by atoms with van der Waals surface area (Å²) in [6.45, 7) is 3.81. The lowest BCUT2D eigenvalue weighted by molar-refractivity contribution is 0.0162. The number of rotatable bonds is 6. The fourth-order valence-electron chi connectivity index (χ4n) is 3.89. The van der Waals surface area contributed by atoms with Gasteiger partial charge in [-0.05, 0) is 48.6 Å². The molecule has 1 atom stereocenters. The molecular weight excluding hydrogens is 360 g/mol. The second kappa shape index (κ2) is 8.42. The lowest BCUT2D eigenvalue weighted by atomic mass is 10.0. The van der Waals surface area contributed by atoms with E-state index in [1.165, 1.54) is 22.4 Å². The van der Waals surface area contributed by atoms with Crippen LogP contribution in [0.2, 0.25) is 0 Å². The summed E-state index contributed by atoms with van der Waals surface area (Å²) >= 11 is 1.66. The number of nitrogens with zero attached hydrogens (tertiary/aromatic N) is 1. The van der Waals surface area contributed by atoms with E-state index < -0.39 is 0 Å². The molecule has 0 radical (unpaired) electrons. The number of hydrogen-bond acceptors (Lipinski definition) is 5. The average molecular weight is 387 g/mol. The lowest BCUT2D eigenvalue weighted by Crippen LogP contribution is -2.43. The molecule has 0 unspecified atom stereocenters. The fourth-order valence-corrected chi connectivity index (χ4v) is 5.06. The number of nitrogens with one attached hydrogen (secondary N) is 1. The Labute approximate surface area is 164 Å². The minimum absolute atomic E-state index is 0.0428. The first-order chi connectivity index (χ1) is 13.2. The van der Waals surface area contributed by atoms with Gasteiger partial charge in [0, 0.05) is 24.5 Å². The van der Waals surface area contributed by atoms with E-state index in [1.54, 1.807) is 18.4 Å². The van der Waals surface area contributed by atoms with Gasteiger partial charge in [0.25, 0.3) is 5.91 Å². The molecule has 2 heterocycles. The second-order valence-corrected chi connectivity index (χ2v) is 8.20. The number of methoxy groups -OCH3 is 1. The van der Waals surface area contributed by atoms with Crippen molar-refractivity contribution in [1.29, 1.82) is 0 Å². The van der Waals surface area contributed by atoms with Gasteiger partial charge in [-0.2, -0.15) is 0 Å². The number of thiophene rings is 1. The Kier molecular flexibility index (Phi) is 5.76. The molecule has 0 bridgehead atoms. The van der Waals surface area contributed by atoms with Crippen LogP contribution in [0.4, 0.5) is 0 Å². The van der Waals surface area contributed by atoms with E-state index in [1.807, 2.05) is 12.1 Å². The normalized spacial score (nSPS) is 18.1. The number of benzene rings is 1. The van der Waals surface area contributed by atoms with Crippen molar-refractivity contribution in [3.8, 4) is 5.75 Å². The molecule has 1 aliphatic carbocycles. The molecule has 1 amide bonds. The zero-order chi connectivity index (χ0) is 18.6. The summed E-state index contributed by atoms with van der Waals surface area (Å²) in [6, 6.07) is 10.4. The molecule has 1 N–H and O–H groups in total. The Morgan fingerprint density at radius 3 is 2.74 bits per heavy atom. The quantitative estimate of drug-likeness (QED) is 0.829. The third-order valence-electron chi connectivity index (χ3n) is 5.41. The number of amides is 1. The number of fused-ring (bicyclic) bond motifs is 1. The van der Waals surface area contributed by atoms with Gasteiger partial charge in [0.05, 0.1) is 31.2 Å². The van der Waals surface area contributed by atoms with Gasteiger partial charge in [0.15, 0.2) is 0 Å². The standard InChI is InChI=1S/C21H26N2O3S/c1-25-17-7-5-15(6-8-17)18(23-9-11-26-12-10-23)14-22-21(24)20-13-16-3-2-4-19(16)27-20/h5-8,13,18H,2-4,9-12,14H2,1H3,(H,22,24)/t18-/m1/s1. The highest BCUT2D eigenvalue weighted by Crippen LogP contribution is 2.31. The Hall–Kier alpha value is -1.89. The first kappa shape index (κ1) is 18.5. The van der Waals surface area contributed by atoms with Crippen LogP contribution in [-0.2, 0) is 17.6 Å².